The summed E-state index contributed by atoms with van der Waals surface area (Å²) >= 11 is 0. The predicted octanol–water partition coefficient (Wildman–Crippen LogP) is 4.07. The van der Waals surface area contributed by atoms with Crippen molar-refractivity contribution in [2.45, 2.75) is 84.0 Å². The first-order valence-corrected chi connectivity index (χ1v) is 8.61. The molecular weight excluding hydrogens is 273 g/mol. The molecule has 0 atom stereocenters. The van der Waals surface area contributed by atoms with Gasteiger partial charge < -0.3 is 10.1 Å². The number of rotatable bonds is 15. The number of hydrogen-bond donors (Lipinski definition) is 1. The van der Waals surface area contributed by atoms with Crippen molar-refractivity contribution < 1.29 is 9.53 Å². The summed E-state index contributed by atoms with van der Waals surface area (Å²) in [6.45, 7) is 3.16. The van der Waals surface area contributed by atoms with Crippen LogP contribution in [0, 0.1) is 0 Å². The fraction of sp³-hybridized carbons (Fsp3) is 0.941. The van der Waals surface area contributed by atoms with Gasteiger partial charge in [0.05, 0.1) is 13.2 Å². The molecule has 0 saturated carbocycles. The van der Waals surface area contributed by atoms with Crippen LogP contribution in [0.3, 0.4) is 0 Å². The zero-order valence-corrected chi connectivity index (χ0v) is 16.7. The molecule has 0 aliphatic carbocycles. The summed E-state index contributed by atoms with van der Waals surface area (Å²) in [5.41, 5.74) is 0. The van der Waals surface area contributed by atoms with E-state index in [1.54, 1.807) is 7.05 Å². The van der Waals surface area contributed by atoms with E-state index in [4.69, 9.17) is 4.74 Å². The average molecular weight is 308 g/mol. The molecule has 3 nitrogen and oxygen atoms in total. The SMILES string of the molecule is CCCCCCCCCCCCCCOC(=O)CNC.[Na]. The first kappa shape index (κ1) is 23.7. The molecule has 1 radical (unpaired) electrons. The van der Waals surface area contributed by atoms with E-state index in [2.05, 4.69) is 12.2 Å². The second-order valence-corrected chi connectivity index (χ2v) is 5.64. The van der Waals surface area contributed by atoms with Gasteiger partial charge in [0, 0.05) is 29.6 Å². The Bertz CT molecular complexity index is 213. The van der Waals surface area contributed by atoms with Crippen LogP contribution in [-0.2, 0) is 9.53 Å². The fourth-order valence-corrected chi connectivity index (χ4v) is 2.32. The molecule has 0 aliphatic rings. The number of esters is 1. The third-order valence-corrected chi connectivity index (χ3v) is 3.58. The zero-order valence-electron chi connectivity index (χ0n) is 14.7. The molecule has 0 fully saturated rings. The Morgan fingerprint density at radius 3 is 1.67 bits per heavy atom. The van der Waals surface area contributed by atoms with E-state index in [-0.39, 0.29) is 35.5 Å². The smallest absolute Gasteiger partial charge is 0.319 e. The van der Waals surface area contributed by atoms with Crippen molar-refractivity contribution in [2.24, 2.45) is 0 Å². The Morgan fingerprint density at radius 1 is 0.810 bits per heavy atom. The first-order chi connectivity index (χ1) is 9.81. The molecule has 0 aliphatic heterocycles. The molecule has 0 aromatic heterocycles. The van der Waals surface area contributed by atoms with Crippen LogP contribution in [0.15, 0.2) is 0 Å². The molecule has 0 spiro atoms. The maximum absolute atomic E-state index is 11.1. The third-order valence-electron chi connectivity index (χ3n) is 3.58. The van der Waals surface area contributed by atoms with Gasteiger partial charge in [-0.2, -0.15) is 0 Å². The number of nitrogens with one attached hydrogen (secondary N) is 1. The van der Waals surface area contributed by atoms with Gasteiger partial charge in [-0.05, 0) is 13.5 Å². The minimum absolute atomic E-state index is 0. The zero-order chi connectivity index (χ0) is 14.9. The molecule has 0 aromatic rings. The maximum atomic E-state index is 11.1. The van der Waals surface area contributed by atoms with Crippen molar-refractivity contribution in [3.05, 3.63) is 0 Å². The van der Waals surface area contributed by atoms with Crippen molar-refractivity contribution in [2.75, 3.05) is 20.2 Å². The quantitative estimate of drug-likeness (QED) is 0.281. The van der Waals surface area contributed by atoms with Gasteiger partial charge in [-0.25, -0.2) is 0 Å². The van der Waals surface area contributed by atoms with Crippen LogP contribution in [0.4, 0.5) is 0 Å². The van der Waals surface area contributed by atoms with Gasteiger partial charge >= 0.3 is 5.97 Å². The van der Waals surface area contributed by atoms with Gasteiger partial charge in [0.1, 0.15) is 0 Å². The monoisotopic (exact) mass is 308 g/mol. The van der Waals surface area contributed by atoms with Crippen molar-refractivity contribution in [1.82, 2.24) is 5.32 Å². The molecule has 0 unspecified atom stereocenters. The second kappa shape index (κ2) is 20.4. The number of carbonyl (C=O) groups excluding carboxylic acids is 1. The Kier molecular flexibility index (Phi) is 23.0. The average Bonchev–Trinajstić information content (AvgIpc) is 2.44. The van der Waals surface area contributed by atoms with E-state index in [9.17, 15) is 4.79 Å². The Labute approximate surface area is 154 Å². The molecule has 4 heteroatoms. The normalized spacial score (nSPS) is 10.2. The van der Waals surface area contributed by atoms with E-state index < -0.39 is 0 Å². The molecule has 1 N–H and O–H groups in total. The van der Waals surface area contributed by atoms with Crippen LogP contribution in [0.1, 0.15) is 84.0 Å². The summed E-state index contributed by atoms with van der Waals surface area (Å²) in [7, 11) is 1.76. The van der Waals surface area contributed by atoms with E-state index in [0.29, 0.717) is 13.2 Å². The first-order valence-electron chi connectivity index (χ1n) is 8.61. The van der Waals surface area contributed by atoms with Gasteiger partial charge in [-0.3, -0.25) is 4.79 Å². The molecule has 121 valence electrons. The van der Waals surface area contributed by atoms with Crippen LogP contribution in [0.5, 0.6) is 0 Å². The molecule has 0 bridgehead atoms. The maximum Gasteiger partial charge on any atom is 0.319 e. The van der Waals surface area contributed by atoms with Gasteiger partial charge in [0.15, 0.2) is 0 Å². The Hall–Kier alpha value is 0.430. The number of unbranched alkanes of at least 4 members (excludes halogenated alkanes) is 11. The van der Waals surface area contributed by atoms with Crippen molar-refractivity contribution in [3.63, 3.8) is 0 Å². The van der Waals surface area contributed by atoms with Gasteiger partial charge in [0.25, 0.3) is 0 Å². The number of carbonyl (C=O) groups is 1. The Morgan fingerprint density at radius 2 is 1.24 bits per heavy atom. The van der Waals surface area contributed by atoms with Crippen LogP contribution in [-0.4, -0.2) is 55.7 Å². The minimum Gasteiger partial charge on any atom is -0.465 e. The summed E-state index contributed by atoms with van der Waals surface area (Å²) in [6.07, 6.45) is 16.0. The summed E-state index contributed by atoms with van der Waals surface area (Å²) < 4.78 is 5.07. The summed E-state index contributed by atoms with van der Waals surface area (Å²) in [6, 6.07) is 0. The second-order valence-electron chi connectivity index (χ2n) is 5.64. The molecule has 0 heterocycles. The fourth-order valence-electron chi connectivity index (χ4n) is 2.32. The van der Waals surface area contributed by atoms with Gasteiger partial charge in [-0.1, -0.05) is 77.6 Å². The number of likely N-dealkylation sites (N-methyl/N-ethyl adjacent to an activating group) is 1. The molecular formula is C17H35NNaO2. The van der Waals surface area contributed by atoms with Crippen molar-refractivity contribution >= 4 is 35.5 Å². The van der Waals surface area contributed by atoms with E-state index >= 15 is 0 Å². The third kappa shape index (κ3) is 20.4. The molecule has 0 saturated heterocycles. The molecule has 0 rings (SSSR count). The molecule has 0 aromatic carbocycles. The van der Waals surface area contributed by atoms with Crippen LogP contribution in [0.25, 0.3) is 0 Å². The minimum atomic E-state index is -0.143. The van der Waals surface area contributed by atoms with Crippen LogP contribution in [0.2, 0.25) is 0 Å². The van der Waals surface area contributed by atoms with Crippen LogP contribution < -0.4 is 5.32 Å². The van der Waals surface area contributed by atoms with Crippen molar-refractivity contribution in [3.8, 4) is 0 Å². The van der Waals surface area contributed by atoms with Crippen LogP contribution >= 0.6 is 0 Å². The van der Waals surface area contributed by atoms with Gasteiger partial charge in [0.2, 0.25) is 0 Å². The molecule has 21 heavy (non-hydrogen) atoms. The summed E-state index contributed by atoms with van der Waals surface area (Å²) in [5, 5.41) is 2.79. The number of hydrogen-bond acceptors (Lipinski definition) is 3. The van der Waals surface area contributed by atoms with E-state index in [1.807, 2.05) is 0 Å². The van der Waals surface area contributed by atoms with Gasteiger partial charge in [-0.15, -0.1) is 0 Å². The topological polar surface area (TPSA) is 38.3 Å². The Balaban J connectivity index is 0. The largest absolute Gasteiger partial charge is 0.465 e. The molecule has 0 amide bonds. The number of ether oxygens (including phenoxy) is 1. The standard InChI is InChI=1S/C17H35NO2.Na/c1-3-4-5-6-7-8-9-10-11-12-13-14-15-20-17(19)16-18-2;/h18H,3-16H2,1-2H3;. The van der Waals surface area contributed by atoms with Crippen molar-refractivity contribution in [1.29, 1.82) is 0 Å². The predicted molar refractivity (Wildman–Crippen MR) is 91.7 cm³/mol. The summed E-state index contributed by atoms with van der Waals surface area (Å²) in [4.78, 5) is 11.1. The summed E-state index contributed by atoms with van der Waals surface area (Å²) in [5.74, 6) is -0.143. The van der Waals surface area contributed by atoms with E-state index in [0.717, 1.165) is 6.42 Å². The van der Waals surface area contributed by atoms with E-state index in [1.165, 1.54) is 70.6 Å².